The molecule has 1 aromatic carbocycles. The second kappa shape index (κ2) is 4.87. The summed E-state index contributed by atoms with van der Waals surface area (Å²) in [6.45, 7) is 5.47. The molecule has 2 heteroatoms. The predicted octanol–water partition coefficient (Wildman–Crippen LogP) is 2.84. The number of aryl methyl sites for hydroxylation is 1. The lowest BCUT2D eigenvalue weighted by atomic mass is 10.2. The van der Waals surface area contributed by atoms with Crippen molar-refractivity contribution < 1.29 is 4.79 Å². The van der Waals surface area contributed by atoms with E-state index in [4.69, 9.17) is 0 Å². The minimum absolute atomic E-state index is 0.0771. The van der Waals surface area contributed by atoms with E-state index in [0.29, 0.717) is 5.75 Å². The molecule has 1 rings (SSSR count). The van der Waals surface area contributed by atoms with Crippen molar-refractivity contribution in [2.24, 2.45) is 0 Å². The Morgan fingerprint density at radius 1 is 1.54 bits per heavy atom. The summed E-state index contributed by atoms with van der Waals surface area (Å²) in [7, 11) is 0. The Labute approximate surface area is 82.9 Å². The van der Waals surface area contributed by atoms with Crippen LogP contribution in [-0.4, -0.2) is 11.5 Å². The zero-order valence-electron chi connectivity index (χ0n) is 7.62. The maximum absolute atomic E-state index is 11.0. The number of carbonyl (C=O) groups is 1. The highest BCUT2D eigenvalue weighted by molar-refractivity contribution is 8.00. The van der Waals surface area contributed by atoms with Gasteiger partial charge in [0.15, 0.2) is 5.78 Å². The molecule has 0 aliphatic heterocycles. The Morgan fingerprint density at radius 3 is 2.85 bits per heavy atom. The molecule has 0 N–H and O–H groups in total. The van der Waals surface area contributed by atoms with Crippen molar-refractivity contribution in [2.45, 2.75) is 11.8 Å². The molecule has 0 atom stereocenters. The minimum atomic E-state index is 0.0771. The van der Waals surface area contributed by atoms with Crippen LogP contribution in [0.1, 0.15) is 5.56 Å². The summed E-state index contributed by atoms with van der Waals surface area (Å²) < 4.78 is 0. The van der Waals surface area contributed by atoms with E-state index in [9.17, 15) is 4.79 Å². The van der Waals surface area contributed by atoms with Crippen molar-refractivity contribution in [3.05, 3.63) is 42.5 Å². The Morgan fingerprint density at radius 2 is 2.23 bits per heavy atom. The van der Waals surface area contributed by atoms with Gasteiger partial charge in [-0.1, -0.05) is 24.8 Å². The summed E-state index contributed by atoms with van der Waals surface area (Å²) in [6, 6.07) is 8.04. The van der Waals surface area contributed by atoms with Gasteiger partial charge in [0.25, 0.3) is 0 Å². The van der Waals surface area contributed by atoms with Gasteiger partial charge in [-0.3, -0.25) is 4.79 Å². The third kappa shape index (κ3) is 3.07. The minimum Gasteiger partial charge on any atom is -0.294 e. The number of ketones is 1. The van der Waals surface area contributed by atoms with Crippen LogP contribution >= 0.6 is 11.8 Å². The molecule has 13 heavy (non-hydrogen) atoms. The highest BCUT2D eigenvalue weighted by Gasteiger charge is 2.00. The first-order valence-electron chi connectivity index (χ1n) is 4.07. The summed E-state index contributed by atoms with van der Waals surface area (Å²) in [5, 5.41) is 0. The van der Waals surface area contributed by atoms with Crippen LogP contribution in [0.15, 0.2) is 41.8 Å². The van der Waals surface area contributed by atoms with Gasteiger partial charge < -0.3 is 0 Å². The van der Waals surface area contributed by atoms with Crippen molar-refractivity contribution in [3.63, 3.8) is 0 Å². The van der Waals surface area contributed by atoms with Gasteiger partial charge >= 0.3 is 0 Å². The van der Waals surface area contributed by atoms with Crippen LogP contribution in [0.2, 0.25) is 0 Å². The second-order valence-corrected chi connectivity index (χ2v) is 3.74. The number of thioether (sulfide) groups is 1. The molecule has 0 aliphatic carbocycles. The molecular weight excluding hydrogens is 180 g/mol. The van der Waals surface area contributed by atoms with E-state index in [2.05, 4.69) is 6.58 Å². The molecule has 0 spiro atoms. The van der Waals surface area contributed by atoms with Crippen LogP contribution in [0, 0.1) is 6.92 Å². The van der Waals surface area contributed by atoms with Crippen molar-refractivity contribution in [3.8, 4) is 0 Å². The molecule has 0 radical (unpaired) electrons. The number of hydrogen-bond acceptors (Lipinski definition) is 2. The molecule has 0 aromatic heterocycles. The van der Waals surface area contributed by atoms with E-state index < -0.39 is 0 Å². The molecule has 0 saturated carbocycles. The monoisotopic (exact) mass is 192 g/mol. The molecule has 1 aromatic rings. The van der Waals surface area contributed by atoms with Crippen molar-refractivity contribution in [2.75, 3.05) is 5.75 Å². The zero-order chi connectivity index (χ0) is 9.68. The van der Waals surface area contributed by atoms with E-state index in [0.717, 1.165) is 4.90 Å². The average molecular weight is 192 g/mol. The fourth-order valence-electron chi connectivity index (χ4n) is 0.926. The lowest BCUT2D eigenvalue weighted by molar-refractivity contribution is -0.112. The van der Waals surface area contributed by atoms with Gasteiger partial charge in [0.1, 0.15) is 0 Å². The predicted molar refractivity (Wildman–Crippen MR) is 57.1 cm³/mol. The molecule has 0 saturated heterocycles. The number of carbonyl (C=O) groups excluding carboxylic acids is 1. The van der Waals surface area contributed by atoms with Crippen LogP contribution < -0.4 is 0 Å². The molecule has 0 aliphatic rings. The van der Waals surface area contributed by atoms with Crippen LogP contribution in [0.3, 0.4) is 0 Å². The molecule has 68 valence electrons. The third-order valence-electron chi connectivity index (χ3n) is 1.69. The van der Waals surface area contributed by atoms with Gasteiger partial charge in [-0.15, -0.1) is 11.8 Å². The van der Waals surface area contributed by atoms with E-state index in [-0.39, 0.29) is 5.78 Å². The van der Waals surface area contributed by atoms with E-state index in [1.165, 1.54) is 11.6 Å². The first kappa shape index (κ1) is 10.1. The molecule has 0 unspecified atom stereocenters. The van der Waals surface area contributed by atoms with Crippen LogP contribution in [-0.2, 0) is 4.79 Å². The maximum Gasteiger partial charge on any atom is 0.165 e. The summed E-state index contributed by atoms with van der Waals surface area (Å²) in [5.41, 5.74) is 1.21. The van der Waals surface area contributed by atoms with Crippen molar-refractivity contribution >= 4 is 17.5 Å². The Hall–Kier alpha value is -1.02. The van der Waals surface area contributed by atoms with Crippen molar-refractivity contribution in [1.29, 1.82) is 0 Å². The molecule has 0 amide bonds. The van der Waals surface area contributed by atoms with Crippen molar-refractivity contribution in [1.82, 2.24) is 0 Å². The van der Waals surface area contributed by atoms with Gasteiger partial charge in [-0.2, -0.15) is 0 Å². The SMILES string of the molecule is C=CC(=O)CSc1ccccc1C. The molecule has 1 nitrogen and oxygen atoms in total. The third-order valence-corrected chi connectivity index (χ3v) is 2.89. The van der Waals surface area contributed by atoms with E-state index in [1.807, 2.05) is 31.2 Å². The van der Waals surface area contributed by atoms with E-state index in [1.54, 1.807) is 11.8 Å². The summed E-state index contributed by atoms with van der Waals surface area (Å²) in [4.78, 5) is 12.1. The Kier molecular flexibility index (Phi) is 3.77. The van der Waals surface area contributed by atoms with Gasteiger partial charge in [0.2, 0.25) is 0 Å². The number of allylic oxidation sites excluding steroid dienone is 1. The smallest absolute Gasteiger partial charge is 0.165 e. The molecular formula is C11H12OS. The lowest BCUT2D eigenvalue weighted by Crippen LogP contribution is -1.95. The maximum atomic E-state index is 11.0. The zero-order valence-corrected chi connectivity index (χ0v) is 8.43. The first-order chi connectivity index (χ1) is 6.24. The standard InChI is InChI=1S/C11H12OS/c1-3-10(12)8-13-11-7-5-4-6-9(11)2/h3-7H,1,8H2,2H3. The molecule has 0 heterocycles. The van der Waals surface area contributed by atoms with Gasteiger partial charge in [0, 0.05) is 4.90 Å². The molecule has 0 fully saturated rings. The number of benzene rings is 1. The summed E-state index contributed by atoms with van der Waals surface area (Å²) >= 11 is 1.56. The van der Waals surface area contributed by atoms with Crippen LogP contribution in [0.25, 0.3) is 0 Å². The van der Waals surface area contributed by atoms with E-state index >= 15 is 0 Å². The Balaban J connectivity index is 2.59. The summed E-state index contributed by atoms with van der Waals surface area (Å²) in [6.07, 6.45) is 1.37. The molecule has 0 bridgehead atoms. The average Bonchev–Trinajstić information content (AvgIpc) is 2.16. The quantitative estimate of drug-likeness (QED) is 0.539. The topological polar surface area (TPSA) is 17.1 Å². The first-order valence-corrected chi connectivity index (χ1v) is 5.06. The van der Waals surface area contributed by atoms with Crippen LogP contribution in [0.5, 0.6) is 0 Å². The fourth-order valence-corrected chi connectivity index (χ4v) is 1.81. The summed E-state index contributed by atoms with van der Waals surface area (Å²) in [5.74, 6) is 0.558. The highest BCUT2D eigenvalue weighted by atomic mass is 32.2. The van der Waals surface area contributed by atoms with Gasteiger partial charge in [-0.05, 0) is 24.6 Å². The highest BCUT2D eigenvalue weighted by Crippen LogP contribution is 2.21. The largest absolute Gasteiger partial charge is 0.294 e. The number of rotatable bonds is 4. The van der Waals surface area contributed by atoms with Gasteiger partial charge in [0.05, 0.1) is 5.75 Å². The normalized spacial score (nSPS) is 9.62. The number of hydrogen-bond donors (Lipinski definition) is 0. The Bertz CT molecular complexity index is 318. The fraction of sp³-hybridized carbons (Fsp3) is 0.182. The lowest BCUT2D eigenvalue weighted by Gasteiger charge is -2.02. The second-order valence-electron chi connectivity index (χ2n) is 2.72. The van der Waals surface area contributed by atoms with Crippen LogP contribution in [0.4, 0.5) is 0 Å². The van der Waals surface area contributed by atoms with Gasteiger partial charge in [-0.25, -0.2) is 0 Å².